The second-order valence-electron chi connectivity index (χ2n) is 9.78. The predicted molar refractivity (Wildman–Crippen MR) is 164 cm³/mol. The molecule has 4 aromatic rings. The molecular formula is C30H29Cl2N7O2. The van der Waals surface area contributed by atoms with E-state index in [4.69, 9.17) is 32.9 Å². The van der Waals surface area contributed by atoms with Crippen molar-refractivity contribution in [3.63, 3.8) is 0 Å². The molecule has 3 aromatic carbocycles. The summed E-state index contributed by atoms with van der Waals surface area (Å²) in [5.74, 6) is 0.605. The summed E-state index contributed by atoms with van der Waals surface area (Å²) < 4.78 is 5.46. The molecule has 11 heteroatoms. The van der Waals surface area contributed by atoms with Crippen molar-refractivity contribution in [3.8, 4) is 0 Å². The number of fused-ring (bicyclic) bond motifs is 1. The van der Waals surface area contributed by atoms with Gasteiger partial charge in [-0.05, 0) is 61.1 Å². The summed E-state index contributed by atoms with van der Waals surface area (Å²) in [7, 11) is 1.90. The Hall–Kier alpha value is -3.89. The minimum absolute atomic E-state index is 0.170. The maximum absolute atomic E-state index is 13.8. The van der Waals surface area contributed by atoms with Crippen LogP contribution in [0.1, 0.15) is 15.9 Å². The maximum atomic E-state index is 13.8. The average molecular weight is 591 g/mol. The fourth-order valence-electron chi connectivity index (χ4n) is 5.08. The van der Waals surface area contributed by atoms with Crippen molar-refractivity contribution < 1.29 is 9.53 Å². The summed E-state index contributed by atoms with van der Waals surface area (Å²) in [6.45, 7) is 4.08. The first-order valence-corrected chi connectivity index (χ1v) is 14.1. The third kappa shape index (κ3) is 5.67. The molecule has 2 aliphatic heterocycles. The Labute approximate surface area is 248 Å². The molecule has 0 bridgehead atoms. The molecule has 0 aliphatic carbocycles. The van der Waals surface area contributed by atoms with Gasteiger partial charge in [-0.3, -0.25) is 9.69 Å². The van der Waals surface area contributed by atoms with Gasteiger partial charge in [0.25, 0.3) is 5.91 Å². The van der Waals surface area contributed by atoms with Gasteiger partial charge in [-0.2, -0.15) is 4.98 Å². The Bertz CT molecular complexity index is 1540. The lowest BCUT2D eigenvalue weighted by Crippen LogP contribution is -2.46. The number of hydrogen-bond donors (Lipinski definition) is 2. The van der Waals surface area contributed by atoms with Crippen molar-refractivity contribution in [1.29, 1.82) is 0 Å². The SMILES string of the molecule is CNCc1cccc(N2CN(c3c(Cl)cccc3Cl)C(=O)c3cnc(Nc4ccc(N5CCOCC5)cc4)nc32)c1. The van der Waals surface area contributed by atoms with E-state index in [0.29, 0.717) is 39.6 Å². The fraction of sp³-hybridized carbons (Fsp3) is 0.233. The first-order valence-electron chi connectivity index (χ1n) is 13.4. The number of nitrogens with one attached hydrogen (secondary N) is 2. The lowest BCUT2D eigenvalue weighted by molar-refractivity contribution is 0.0982. The summed E-state index contributed by atoms with van der Waals surface area (Å²) >= 11 is 13.1. The monoisotopic (exact) mass is 589 g/mol. The molecule has 41 heavy (non-hydrogen) atoms. The summed E-state index contributed by atoms with van der Waals surface area (Å²) in [4.78, 5) is 28.9. The first-order chi connectivity index (χ1) is 20.0. The molecule has 1 saturated heterocycles. The highest BCUT2D eigenvalue weighted by molar-refractivity contribution is 6.40. The molecule has 2 aliphatic rings. The second-order valence-corrected chi connectivity index (χ2v) is 10.6. The van der Waals surface area contributed by atoms with Crippen LogP contribution in [0.3, 0.4) is 0 Å². The Morgan fingerprint density at radius 2 is 1.66 bits per heavy atom. The molecule has 6 rings (SSSR count). The standard InChI is InChI=1S/C30H29Cl2N7O2/c1-33-17-20-4-2-5-23(16-20)38-19-39(27-25(31)6-3-7-26(27)32)29(40)24-18-34-30(36-28(24)38)35-21-8-10-22(11-9-21)37-12-14-41-15-13-37/h2-11,16,18,33H,12-15,17,19H2,1H3,(H,34,35,36). The van der Waals surface area contributed by atoms with E-state index in [0.717, 1.165) is 48.9 Å². The molecular weight excluding hydrogens is 561 g/mol. The van der Waals surface area contributed by atoms with Gasteiger partial charge in [-0.15, -0.1) is 0 Å². The molecule has 9 nitrogen and oxygen atoms in total. The largest absolute Gasteiger partial charge is 0.378 e. The number of aromatic nitrogens is 2. The molecule has 2 N–H and O–H groups in total. The molecule has 210 valence electrons. The zero-order chi connectivity index (χ0) is 28.3. The van der Waals surface area contributed by atoms with Crippen LogP contribution in [0, 0.1) is 0 Å². The minimum Gasteiger partial charge on any atom is -0.378 e. The van der Waals surface area contributed by atoms with Crippen molar-refractivity contribution in [2.45, 2.75) is 6.54 Å². The van der Waals surface area contributed by atoms with E-state index in [1.807, 2.05) is 42.3 Å². The highest BCUT2D eigenvalue weighted by Crippen LogP contribution is 2.40. The van der Waals surface area contributed by atoms with E-state index in [9.17, 15) is 4.79 Å². The van der Waals surface area contributed by atoms with Crippen LogP contribution in [0.5, 0.6) is 0 Å². The van der Waals surface area contributed by atoms with Crippen LogP contribution in [0.15, 0.2) is 72.9 Å². The number of hydrogen-bond acceptors (Lipinski definition) is 8. The summed E-state index contributed by atoms with van der Waals surface area (Å²) in [6, 6.07) is 21.4. The molecule has 0 atom stereocenters. The van der Waals surface area contributed by atoms with Gasteiger partial charge in [0, 0.05) is 42.9 Å². The Balaban J connectivity index is 1.35. The van der Waals surface area contributed by atoms with Crippen molar-refractivity contribution >= 4 is 63.6 Å². The number of para-hydroxylation sites is 1. The number of carbonyl (C=O) groups excluding carboxylic acids is 1. The lowest BCUT2D eigenvalue weighted by atomic mass is 10.1. The van der Waals surface area contributed by atoms with E-state index in [1.54, 1.807) is 29.3 Å². The number of nitrogens with zero attached hydrogens (tertiary/aromatic N) is 5. The Morgan fingerprint density at radius 1 is 0.927 bits per heavy atom. The maximum Gasteiger partial charge on any atom is 0.265 e. The van der Waals surface area contributed by atoms with Crippen LogP contribution in [0.4, 0.5) is 34.5 Å². The van der Waals surface area contributed by atoms with Gasteiger partial charge in [-0.1, -0.05) is 41.4 Å². The van der Waals surface area contributed by atoms with E-state index >= 15 is 0 Å². The van der Waals surface area contributed by atoms with Gasteiger partial charge in [0.2, 0.25) is 5.95 Å². The Kier molecular flexibility index (Phi) is 7.93. The molecule has 1 amide bonds. The predicted octanol–water partition coefficient (Wildman–Crippen LogP) is 5.84. The third-order valence-corrected chi connectivity index (χ3v) is 7.70. The molecule has 0 unspecified atom stereocenters. The van der Waals surface area contributed by atoms with Gasteiger partial charge in [0.15, 0.2) is 5.82 Å². The summed E-state index contributed by atoms with van der Waals surface area (Å²) in [5, 5.41) is 7.26. The second kappa shape index (κ2) is 11.9. The van der Waals surface area contributed by atoms with Crippen molar-refractivity contribution in [3.05, 3.63) is 94.1 Å². The Morgan fingerprint density at radius 3 is 2.39 bits per heavy atom. The van der Waals surface area contributed by atoms with E-state index in [2.05, 4.69) is 38.7 Å². The van der Waals surface area contributed by atoms with Crippen molar-refractivity contribution in [2.75, 3.05) is 60.0 Å². The van der Waals surface area contributed by atoms with Gasteiger partial charge >= 0.3 is 0 Å². The molecule has 0 saturated carbocycles. The van der Waals surface area contributed by atoms with Crippen molar-refractivity contribution in [2.24, 2.45) is 0 Å². The summed E-state index contributed by atoms with van der Waals surface area (Å²) in [6.07, 6.45) is 1.55. The number of rotatable bonds is 7. The number of benzene rings is 3. The highest BCUT2D eigenvalue weighted by atomic mass is 35.5. The van der Waals surface area contributed by atoms with Crippen LogP contribution >= 0.6 is 23.2 Å². The number of amides is 1. The molecule has 0 spiro atoms. The quantitative estimate of drug-likeness (QED) is 0.278. The van der Waals surface area contributed by atoms with Gasteiger partial charge in [-0.25, -0.2) is 4.98 Å². The fourth-order valence-corrected chi connectivity index (χ4v) is 5.68. The van der Waals surface area contributed by atoms with Crippen LogP contribution in [0.25, 0.3) is 0 Å². The number of ether oxygens (including phenoxy) is 1. The van der Waals surface area contributed by atoms with E-state index in [1.165, 1.54) is 0 Å². The molecule has 3 heterocycles. The molecule has 1 fully saturated rings. The number of carbonyl (C=O) groups is 1. The normalized spacial score (nSPS) is 15.2. The highest BCUT2D eigenvalue weighted by Gasteiger charge is 2.35. The molecule has 0 radical (unpaired) electrons. The number of anilines is 6. The first kappa shape index (κ1) is 27.3. The molecule has 1 aromatic heterocycles. The van der Waals surface area contributed by atoms with Crippen LogP contribution in [-0.4, -0.2) is 55.9 Å². The van der Waals surface area contributed by atoms with Crippen LogP contribution < -0.4 is 25.3 Å². The van der Waals surface area contributed by atoms with Crippen LogP contribution in [0.2, 0.25) is 10.0 Å². The smallest absolute Gasteiger partial charge is 0.265 e. The zero-order valence-corrected chi connectivity index (χ0v) is 24.0. The average Bonchev–Trinajstić information content (AvgIpc) is 2.99. The van der Waals surface area contributed by atoms with Gasteiger partial charge < -0.3 is 25.2 Å². The number of halogens is 2. The van der Waals surface area contributed by atoms with Gasteiger partial charge in [0.1, 0.15) is 12.2 Å². The zero-order valence-electron chi connectivity index (χ0n) is 22.5. The van der Waals surface area contributed by atoms with Gasteiger partial charge in [0.05, 0.1) is 28.9 Å². The third-order valence-electron chi connectivity index (χ3n) is 7.09. The van der Waals surface area contributed by atoms with E-state index < -0.39 is 0 Å². The van der Waals surface area contributed by atoms with Crippen molar-refractivity contribution in [1.82, 2.24) is 15.3 Å². The number of morpholine rings is 1. The van der Waals surface area contributed by atoms with E-state index in [-0.39, 0.29) is 12.6 Å². The summed E-state index contributed by atoms with van der Waals surface area (Å²) in [5.41, 5.74) is 4.75. The topological polar surface area (TPSA) is 85.9 Å². The lowest BCUT2D eigenvalue weighted by Gasteiger charge is -2.37. The minimum atomic E-state index is -0.279. The van der Waals surface area contributed by atoms with Crippen LogP contribution in [-0.2, 0) is 11.3 Å².